The lowest BCUT2D eigenvalue weighted by atomic mass is 9.81. The Balaban J connectivity index is 1.14. The molecule has 14 rings (SSSR count). The molecule has 0 radical (unpaired) electrons. The van der Waals surface area contributed by atoms with E-state index in [0.717, 1.165) is 17.1 Å². The third-order valence-corrected chi connectivity index (χ3v) is 14.3. The summed E-state index contributed by atoms with van der Waals surface area (Å²) in [6, 6.07) is 92.3. The lowest BCUT2D eigenvalue weighted by Crippen LogP contribution is -2.11. The van der Waals surface area contributed by atoms with Gasteiger partial charge < -0.3 is 4.90 Å². The van der Waals surface area contributed by atoms with E-state index in [1.165, 1.54) is 120 Å². The number of anilines is 3. The summed E-state index contributed by atoms with van der Waals surface area (Å²) >= 11 is 0. The molecule has 0 bridgehead atoms. The van der Waals surface area contributed by atoms with Gasteiger partial charge in [-0.1, -0.05) is 218 Å². The molecule has 0 saturated heterocycles. The van der Waals surface area contributed by atoms with Gasteiger partial charge in [0.2, 0.25) is 0 Å². The van der Waals surface area contributed by atoms with Crippen LogP contribution in [0.15, 0.2) is 249 Å². The molecule has 1 nitrogen and oxygen atoms in total. The molecular weight excluding hydrogens is 807 g/mol. The highest BCUT2D eigenvalue weighted by Gasteiger charge is 2.27. The number of fused-ring (bicyclic) bond motifs is 12. The Morgan fingerprint density at radius 1 is 0.224 bits per heavy atom. The van der Waals surface area contributed by atoms with Crippen molar-refractivity contribution in [2.24, 2.45) is 0 Å². The lowest BCUT2D eigenvalue weighted by Gasteiger charge is -2.30. The summed E-state index contributed by atoms with van der Waals surface area (Å²) in [5, 5.41) is 14.9. The van der Waals surface area contributed by atoms with E-state index in [2.05, 4.69) is 254 Å². The first kappa shape index (κ1) is 37.6. The molecule has 0 aromatic heterocycles. The number of nitrogens with zero attached hydrogens (tertiary/aromatic N) is 1. The van der Waals surface area contributed by atoms with Crippen LogP contribution in [-0.2, 0) is 0 Å². The molecule has 67 heavy (non-hydrogen) atoms. The molecule has 0 fully saturated rings. The first-order chi connectivity index (χ1) is 33.3. The summed E-state index contributed by atoms with van der Waals surface area (Å²) < 4.78 is 0. The molecule has 0 heterocycles. The first-order valence-electron chi connectivity index (χ1n) is 23.3. The minimum Gasteiger partial charge on any atom is -0.309 e. The maximum atomic E-state index is 2.55. The van der Waals surface area contributed by atoms with E-state index in [0.29, 0.717) is 0 Å². The van der Waals surface area contributed by atoms with Crippen molar-refractivity contribution >= 4 is 81.7 Å². The first-order valence-corrected chi connectivity index (χ1v) is 23.3. The molecule has 13 aromatic carbocycles. The highest BCUT2D eigenvalue weighted by Crippen LogP contribution is 2.54. The summed E-state index contributed by atoms with van der Waals surface area (Å²) in [7, 11) is 0. The van der Waals surface area contributed by atoms with E-state index < -0.39 is 0 Å². The fraction of sp³-hybridized carbons (Fsp3) is 0. The van der Waals surface area contributed by atoms with Gasteiger partial charge in [-0.25, -0.2) is 0 Å². The van der Waals surface area contributed by atoms with Crippen LogP contribution in [0, 0.1) is 0 Å². The number of hydrogen-bond acceptors (Lipinski definition) is 1. The van der Waals surface area contributed by atoms with Crippen LogP contribution in [0.1, 0.15) is 0 Å². The maximum Gasteiger partial charge on any atom is 0.0546 e. The van der Waals surface area contributed by atoms with Gasteiger partial charge in [-0.15, -0.1) is 0 Å². The second kappa shape index (κ2) is 14.9. The number of rotatable bonds is 6. The summed E-state index contributed by atoms with van der Waals surface area (Å²) in [5.74, 6) is 0. The van der Waals surface area contributed by atoms with Crippen molar-refractivity contribution in [3.63, 3.8) is 0 Å². The summed E-state index contributed by atoms with van der Waals surface area (Å²) in [6.07, 6.45) is 0. The molecule has 0 aliphatic heterocycles. The summed E-state index contributed by atoms with van der Waals surface area (Å²) in [5.41, 5.74) is 15.9. The van der Waals surface area contributed by atoms with Gasteiger partial charge in [-0.2, -0.15) is 0 Å². The SMILES string of the molecule is c1ccc(-c2cc(-c3ccccc3)c3c4ccccc4c4cc(N(c5ccc6c7c(cccc57)-c5ccccc5-6)c5cc6ccccc6c6ccccc56)ccc4c3c2-c2ccccc2)cc1. The third kappa shape index (κ3) is 5.68. The van der Waals surface area contributed by atoms with Gasteiger partial charge in [0.15, 0.2) is 0 Å². The summed E-state index contributed by atoms with van der Waals surface area (Å²) in [4.78, 5) is 2.55. The largest absolute Gasteiger partial charge is 0.309 e. The minimum atomic E-state index is 1.11. The van der Waals surface area contributed by atoms with Gasteiger partial charge in [0.1, 0.15) is 0 Å². The van der Waals surface area contributed by atoms with Crippen LogP contribution in [-0.4, -0.2) is 0 Å². The molecule has 13 aromatic rings. The zero-order valence-electron chi connectivity index (χ0n) is 36.6. The van der Waals surface area contributed by atoms with E-state index in [1.807, 2.05) is 0 Å². The Bertz CT molecular complexity index is 4100. The fourth-order valence-electron chi connectivity index (χ4n) is 11.5. The van der Waals surface area contributed by atoms with E-state index in [1.54, 1.807) is 0 Å². The second-order valence-corrected chi connectivity index (χ2v) is 17.9. The highest BCUT2D eigenvalue weighted by atomic mass is 15.1. The van der Waals surface area contributed by atoms with E-state index in [4.69, 9.17) is 0 Å². The van der Waals surface area contributed by atoms with Gasteiger partial charge >= 0.3 is 0 Å². The third-order valence-electron chi connectivity index (χ3n) is 14.3. The van der Waals surface area contributed by atoms with Crippen molar-refractivity contribution in [2.45, 2.75) is 0 Å². The van der Waals surface area contributed by atoms with Gasteiger partial charge in [0, 0.05) is 16.5 Å². The van der Waals surface area contributed by atoms with Gasteiger partial charge in [0.05, 0.1) is 11.4 Å². The van der Waals surface area contributed by atoms with Gasteiger partial charge in [-0.05, 0) is 140 Å². The molecule has 0 unspecified atom stereocenters. The standard InChI is InChI=1S/C66H41N/c1-4-19-42(20-5-1)58-41-59(43-21-6-2-7-22-43)65-54-32-17-15-30-51(54)60-40-46(35-36-56(60)66(65)63(58)44-23-8-3-9-24-44)67(62-39-45-25-10-11-26-47(45)48-27-14-16-31-52(48)62)61-38-37-55-50-29-13-12-28-49(50)53-33-18-34-57(61)64(53)55/h1-41H. The van der Waals surface area contributed by atoms with Crippen LogP contribution in [0.2, 0.25) is 0 Å². The predicted molar refractivity (Wildman–Crippen MR) is 287 cm³/mol. The van der Waals surface area contributed by atoms with Crippen molar-refractivity contribution < 1.29 is 0 Å². The van der Waals surface area contributed by atoms with Crippen molar-refractivity contribution in [3.8, 4) is 55.6 Å². The molecule has 1 aliphatic rings. The molecule has 0 atom stereocenters. The predicted octanol–water partition coefficient (Wildman–Crippen LogP) is 18.7. The molecule has 1 heteroatoms. The Labute approximate surface area is 389 Å². The number of benzene rings is 13. The maximum absolute atomic E-state index is 2.55. The van der Waals surface area contributed by atoms with Crippen molar-refractivity contribution in [1.82, 2.24) is 0 Å². The average Bonchev–Trinajstić information content (AvgIpc) is 3.74. The van der Waals surface area contributed by atoms with Crippen LogP contribution in [0.25, 0.3) is 120 Å². The van der Waals surface area contributed by atoms with E-state index in [-0.39, 0.29) is 0 Å². The molecule has 1 aliphatic carbocycles. The lowest BCUT2D eigenvalue weighted by molar-refractivity contribution is 1.32. The van der Waals surface area contributed by atoms with Gasteiger partial charge in [-0.3, -0.25) is 0 Å². The Morgan fingerprint density at radius 2 is 0.746 bits per heavy atom. The molecular formula is C66H41N. The van der Waals surface area contributed by atoms with Gasteiger partial charge in [0.25, 0.3) is 0 Å². The minimum absolute atomic E-state index is 1.11. The second-order valence-electron chi connectivity index (χ2n) is 17.9. The van der Waals surface area contributed by atoms with E-state index >= 15 is 0 Å². The summed E-state index contributed by atoms with van der Waals surface area (Å²) in [6.45, 7) is 0. The fourth-order valence-corrected chi connectivity index (χ4v) is 11.5. The Hall–Kier alpha value is -8.78. The topological polar surface area (TPSA) is 3.24 Å². The molecule has 0 amide bonds. The quantitative estimate of drug-likeness (QED) is 0.151. The molecule has 0 N–H and O–H groups in total. The highest BCUT2D eigenvalue weighted by molar-refractivity contribution is 6.33. The zero-order chi connectivity index (χ0) is 44.0. The average molecular weight is 848 g/mol. The van der Waals surface area contributed by atoms with Crippen molar-refractivity contribution in [2.75, 3.05) is 4.90 Å². The molecule has 0 spiro atoms. The molecule has 0 saturated carbocycles. The van der Waals surface area contributed by atoms with E-state index in [9.17, 15) is 0 Å². The Kier molecular flexibility index (Phi) is 8.35. The van der Waals surface area contributed by atoms with Crippen molar-refractivity contribution in [1.29, 1.82) is 0 Å². The number of hydrogen-bond donors (Lipinski definition) is 0. The van der Waals surface area contributed by atoms with Crippen LogP contribution >= 0.6 is 0 Å². The smallest absolute Gasteiger partial charge is 0.0546 e. The van der Waals surface area contributed by atoms with Crippen LogP contribution in [0.5, 0.6) is 0 Å². The van der Waals surface area contributed by atoms with Crippen LogP contribution in [0.3, 0.4) is 0 Å². The van der Waals surface area contributed by atoms with Crippen molar-refractivity contribution in [3.05, 3.63) is 249 Å². The molecule has 310 valence electrons. The van der Waals surface area contributed by atoms with Crippen LogP contribution < -0.4 is 4.90 Å². The normalized spacial score (nSPS) is 11.9. The van der Waals surface area contributed by atoms with Crippen LogP contribution in [0.4, 0.5) is 17.1 Å². The monoisotopic (exact) mass is 847 g/mol. The zero-order valence-corrected chi connectivity index (χ0v) is 36.6. The Morgan fingerprint density at radius 3 is 1.46 bits per heavy atom.